The molecule has 0 atom stereocenters. The summed E-state index contributed by atoms with van der Waals surface area (Å²) in [4.78, 5) is 0.133. The van der Waals surface area contributed by atoms with Gasteiger partial charge in [-0.25, -0.2) is 13.1 Å². The molecule has 20 heavy (non-hydrogen) atoms. The third-order valence-corrected chi connectivity index (χ3v) is 5.42. The maximum absolute atomic E-state index is 12.4. The van der Waals surface area contributed by atoms with E-state index in [0.717, 1.165) is 12.8 Å². The quantitative estimate of drug-likeness (QED) is 0.879. The number of aryl methyl sites for hydroxylation is 1. The van der Waals surface area contributed by atoms with E-state index in [-0.39, 0.29) is 11.5 Å². The van der Waals surface area contributed by atoms with Crippen molar-refractivity contribution in [3.63, 3.8) is 0 Å². The number of nitriles is 1. The number of aliphatic hydroxyl groups excluding tert-OH is 1. The van der Waals surface area contributed by atoms with Crippen molar-refractivity contribution < 1.29 is 13.5 Å². The third kappa shape index (κ3) is 2.85. The summed E-state index contributed by atoms with van der Waals surface area (Å²) in [5, 5.41) is 18.4. The van der Waals surface area contributed by atoms with Gasteiger partial charge in [0.1, 0.15) is 0 Å². The van der Waals surface area contributed by atoms with Gasteiger partial charge in [0, 0.05) is 0 Å². The van der Waals surface area contributed by atoms with Crippen LogP contribution in [0, 0.1) is 18.3 Å². The average Bonchev–Trinajstić information content (AvgIpc) is 2.87. The normalized spacial score (nSPS) is 17.9. The molecule has 0 amide bonds. The number of rotatable bonds is 4. The molecule has 0 aromatic heterocycles. The van der Waals surface area contributed by atoms with Gasteiger partial charge in [0.05, 0.1) is 28.7 Å². The SMILES string of the molecule is Cc1cc(S(=O)(=O)NC2(CO)CCCC2)ccc1C#N. The molecular formula is C14H18N2O3S. The van der Waals surface area contributed by atoms with Crippen LogP contribution in [-0.4, -0.2) is 25.7 Å². The Kier molecular flexibility index (Phi) is 4.14. The van der Waals surface area contributed by atoms with Crippen LogP contribution in [0.15, 0.2) is 23.1 Å². The fourth-order valence-electron chi connectivity index (χ4n) is 2.62. The number of hydrogen-bond donors (Lipinski definition) is 2. The number of benzene rings is 1. The minimum absolute atomic E-state index is 0.133. The molecule has 108 valence electrons. The molecule has 0 spiro atoms. The van der Waals surface area contributed by atoms with E-state index in [1.165, 1.54) is 18.2 Å². The molecule has 0 radical (unpaired) electrons. The number of hydrogen-bond acceptors (Lipinski definition) is 4. The molecule has 1 aliphatic carbocycles. The highest BCUT2D eigenvalue weighted by molar-refractivity contribution is 7.89. The molecule has 2 rings (SSSR count). The Morgan fingerprint density at radius 1 is 1.40 bits per heavy atom. The molecule has 1 aromatic rings. The zero-order valence-corrected chi connectivity index (χ0v) is 12.2. The molecular weight excluding hydrogens is 276 g/mol. The summed E-state index contributed by atoms with van der Waals surface area (Å²) in [5.41, 5.74) is 0.349. The van der Waals surface area contributed by atoms with Gasteiger partial charge in [-0.05, 0) is 43.5 Å². The first kappa shape index (κ1) is 15.0. The predicted molar refractivity (Wildman–Crippen MR) is 74.5 cm³/mol. The van der Waals surface area contributed by atoms with Gasteiger partial charge in [0.15, 0.2) is 0 Å². The van der Waals surface area contributed by atoms with Gasteiger partial charge in [0.25, 0.3) is 0 Å². The standard InChI is InChI=1S/C14H18N2O3S/c1-11-8-13(5-4-12(11)9-15)20(18,19)16-14(10-17)6-2-3-7-14/h4-5,8,16-17H,2-3,6-7,10H2,1H3. The fraction of sp³-hybridized carbons (Fsp3) is 0.500. The molecule has 1 fully saturated rings. The van der Waals surface area contributed by atoms with Crippen molar-refractivity contribution in [2.75, 3.05) is 6.61 Å². The molecule has 6 heteroatoms. The molecule has 0 unspecified atom stereocenters. The van der Waals surface area contributed by atoms with E-state index >= 15 is 0 Å². The molecule has 0 aliphatic heterocycles. The summed E-state index contributed by atoms with van der Waals surface area (Å²) in [5.74, 6) is 0. The molecule has 0 saturated heterocycles. The Balaban J connectivity index is 2.31. The van der Waals surface area contributed by atoms with E-state index in [0.29, 0.717) is 24.0 Å². The van der Waals surface area contributed by atoms with Gasteiger partial charge < -0.3 is 5.11 Å². The zero-order chi connectivity index (χ0) is 14.8. The summed E-state index contributed by atoms with van der Waals surface area (Å²) < 4.78 is 27.4. The summed E-state index contributed by atoms with van der Waals surface area (Å²) in [6.45, 7) is 1.51. The van der Waals surface area contributed by atoms with Crippen LogP contribution in [0.25, 0.3) is 0 Å². The van der Waals surface area contributed by atoms with Crippen LogP contribution < -0.4 is 4.72 Å². The predicted octanol–water partition coefficient (Wildman–Crippen LogP) is 1.45. The topological polar surface area (TPSA) is 90.2 Å². The van der Waals surface area contributed by atoms with Gasteiger partial charge in [-0.3, -0.25) is 0 Å². The first-order valence-electron chi connectivity index (χ1n) is 6.58. The minimum Gasteiger partial charge on any atom is -0.394 e. The number of aliphatic hydroxyl groups is 1. The lowest BCUT2D eigenvalue weighted by atomic mass is 10.0. The first-order valence-corrected chi connectivity index (χ1v) is 8.06. The number of sulfonamides is 1. The highest BCUT2D eigenvalue weighted by atomic mass is 32.2. The lowest BCUT2D eigenvalue weighted by Gasteiger charge is -2.27. The van der Waals surface area contributed by atoms with Crippen molar-refractivity contribution in [3.05, 3.63) is 29.3 Å². The maximum atomic E-state index is 12.4. The highest BCUT2D eigenvalue weighted by Gasteiger charge is 2.37. The zero-order valence-electron chi connectivity index (χ0n) is 11.4. The number of nitrogens with zero attached hydrogens (tertiary/aromatic N) is 1. The van der Waals surface area contributed by atoms with Crippen molar-refractivity contribution in [1.29, 1.82) is 5.26 Å². The Bertz CT molecular complexity index is 641. The molecule has 0 bridgehead atoms. The van der Waals surface area contributed by atoms with E-state index in [1.807, 2.05) is 6.07 Å². The highest BCUT2D eigenvalue weighted by Crippen LogP contribution is 2.31. The van der Waals surface area contributed by atoms with Crippen LogP contribution in [0.2, 0.25) is 0 Å². The third-order valence-electron chi connectivity index (χ3n) is 3.84. The van der Waals surface area contributed by atoms with Crippen LogP contribution in [-0.2, 0) is 10.0 Å². The van der Waals surface area contributed by atoms with Crippen molar-refractivity contribution in [3.8, 4) is 6.07 Å². The van der Waals surface area contributed by atoms with Gasteiger partial charge >= 0.3 is 0 Å². The van der Waals surface area contributed by atoms with Gasteiger partial charge in [-0.2, -0.15) is 5.26 Å². The fourth-order valence-corrected chi connectivity index (χ4v) is 4.15. The van der Waals surface area contributed by atoms with Crippen LogP contribution in [0.1, 0.15) is 36.8 Å². The molecule has 1 aliphatic rings. The van der Waals surface area contributed by atoms with Gasteiger partial charge in [0.2, 0.25) is 10.0 Å². The Morgan fingerprint density at radius 3 is 2.55 bits per heavy atom. The molecule has 2 N–H and O–H groups in total. The second-order valence-corrected chi connectivity index (χ2v) is 7.02. The molecule has 0 heterocycles. The lowest BCUT2D eigenvalue weighted by Crippen LogP contribution is -2.49. The molecule has 1 saturated carbocycles. The second-order valence-electron chi connectivity index (χ2n) is 5.34. The maximum Gasteiger partial charge on any atom is 0.241 e. The second kappa shape index (κ2) is 5.52. The van der Waals surface area contributed by atoms with Crippen molar-refractivity contribution >= 4 is 10.0 Å². The van der Waals surface area contributed by atoms with E-state index in [4.69, 9.17) is 5.26 Å². The van der Waals surface area contributed by atoms with Crippen LogP contribution in [0.4, 0.5) is 0 Å². The monoisotopic (exact) mass is 294 g/mol. The van der Waals surface area contributed by atoms with Crippen molar-refractivity contribution in [2.45, 2.75) is 43.0 Å². The summed E-state index contributed by atoms with van der Waals surface area (Å²) in [7, 11) is -3.68. The summed E-state index contributed by atoms with van der Waals surface area (Å²) >= 11 is 0. The Morgan fingerprint density at radius 2 is 2.05 bits per heavy atom. The van der Waals surface area contributed by atoms with E-state index in [9.17, 15) is 13.5 Å². The van der Waals surface area contributed by atoms with Crippen molar-refractivity contribution in [1.82, 2.24) is 4.72 Å². The largest absolute Gasteiger partial charge is 0.394 e. The Hall–Kier alpha value is -1.42. The van der Waals surface area contributed by atoms with Crippen LogP contribution in [0.5, 0.6) is 0 Å². The summed E-state index contributed by atoms with van der Waals surface area (Å²) in [6, 6.07) is 6.43. The average molecular weight is 294 g/mol. The first-order chi connectivity index (χ1) is 9.42. The molecule has 1 aromatic carbocycles. The molecule has 5 nitrogen and oxygen atoms in total. The van der Waals surface area contributed by atoms with Gasteiger partial charge in [-0.1, -0.05) is 12.8 Å². The Labute approximate surface area is 119 Å². The van der Waals surface area contributed by atoms with Crippen LogP contribution in [0.3, 0.4) is 0 Å². The van der Waals surface area contributed by atoms with E-state index in [2.05, 4.69) is 4.72 Å². The smallest absolute Gasteiger partial charge is 0.241 e. The van der Waals surface area contributed by atoms with E-state index < -0.39 is 15.6 Å². The van der Waals surface area contributed by atoms with Crippen LogP contribution >= 0.6 is 0 Å². The lowest BCUT2D eigenvalue weighted by molar-refractivity contribution is 0.185. The minimum atomic E-state index is -3.68. The summed E-state index contributed by atoms with van der Waals surface area (Å²) in [6.07, 6.45) is 3.13. The van der Waals surface area contributed by atoms with Gasteiger partial charge in [-0.15, -0.1) is 0 Å². The van der Waals surface area contributed by atoms with Crippen molar-refractivity contribution in [2.24, 2.45) is 0 Å². The van der Waals surface area contributed by atoms with E-state index in [1.54, 1.807) is 6.92 Å². The number of nitrogens with one attached hydrogen (secondary N) is 1.